The number of fused-ring (bicyclic) bond motifs is 4. The van der Waals surface area contributed by atoms with Crippen LogP contribution in [0.2, 0.25) is 0 Å². The first-order chi connectivity index (χ1) is 19.6. The fraction of sp³-hybridized carbons (Fsp3) is 0. The fourth-order valence-electron chi connectivity index (χ4n) is 5.54. The summed E-state index contributed by atoms with van der Waals surface area (Å²) in [4.78, 5) is 28.8. The maximum Gasteiger partial charge on any atom is 0.268 e. The fourth-order valence-corrected chi connectivity index (χ4v) is 5.54. The van der Waals surface area contributed by atoms with E-state index in [9.17, 15) is 20.1 Å². The van der Waals surface area contributed by atoms with Gasteiger partial charge in [0.05, 0.1) is 56.8 Å². The van der Waals surface area contributed by atoms with Crippen LogP contribution in [0, 0.1) is 22.7 Å². The summed E-state index contributed by atoms with van der Waals surface area (Å²) >= 11 is 0. The Morgan fingerprint density at radius 3 is 1.77 bits per heavy atom. The van der Waals surface area contributed by atoms with Crippen molar-refractivity contribution in [2.75, 3.05) is 4.90 Å². The highest BCUT2D eigenvalue weighted by Crippen LogP contribution is 2.38. The van der Waals surface area contributed by atoms with E-state index in [1.165, 1.54) is 4.90 Å². The highest BCUT2D eigenvalue weighted by atomic mass is 16.2. The van der Waals surface area contributed by atoms with Gasteiger partial charge in [-0.25, -0.2) is 4.90 Å². The lowest BCUT2D eigenvalue weighted by Gasteiger charge is -2.15. The summed E-state index contributed by atoms with van der Waals surface area (Å²) in [7, 11) is 0. The zero-order valence-electron chi connectivity index (χ0n) is 21.0. The van der Waals surface area contributed by atoms with Gasteiger partial charge < -0.3 is 4.57 Å². The van der Waals surface area contributed by atoms with Gasteiger partial charge in [0.1, 0.15) is 0 Å². The highest BCUT2D eigenvalue weighted by Gasteiger charge is 2.39. The third-order valence-electron chi connectivity index (χ3n) is 7.39. The second-order valence-corrected chi connectivity index (χ2v) is 9.58. The molecule has 0 fully saturated rings. The van der Waals surface area contributed by atoms with Crippen molar-refractivity contribution in [3.8, 4) is 29.0 Å². The third kappa shape index (κ3) is 3.34. The van der Waals surface area contributed by atoms with Gasteiger partial charge in [0.15, 0.2) is 0 Å². The molecule has 2 amide bonds. The molecule has 5 aromatic carbocycles. The van der Waals surface area contributed by atoms with Gasteiger partial charge >= 0.3 is 0 Å². The Morgan fingerprint density at radius 1 is 0.575 bits per heavy atom. The molecular formula is C34H18N4O2. The molecule has 40 heavy (non-hydrogen) atoms. The molecule has 0 unspecified atom stereocenters. The van der Waals surface area contributed by atoms with Crippen molar-refractivity contribution in [1.82, 2.24) is 4.57 Å². The molecule has 0 N–H and O–H groups in total. The van der Waals surface area contributed by atoms with Gasteiger partial charge in [0.2, 0.25) is 0 Å². The maximum atomic E-state index is 14.0. The Bertz CT molecular complexity index is 2040. The van der Waals surface area contributed by atoms with Crippen LogP contribution in [0.1, 0.15) is 31.8 Å². The molecule has 6 aromatic rings. The number of imide groups is 1. The summed E-state index contributed by atoms with van der Waals surface area (Å²) in [6.07, 6.45) is 0. The van der Waals surface area contributed by atoms with E-state index in [1.54, 1.807) is 54.6 Å². The maximum absolute atomic E-state index is 14.0. The number of amides is 2. The van der Waals surface area contributed by atoms with E-state index < -0.39 is 11.8 Å². The van der Waals surface area contributed by atoms with E-state index in [1.807, 2.05) is 59.2 Å². The zero-order valence-corrected chi connectivity index (χ0v) is 21.0. The monoisotopic (exact) mass is 514 g/mol. The minimum atomic E-state index is -0.425. The van der Waals surface area contributed by atoms with Gasteiger partial charge in [-0.3, -0.25) is 9.59 Å². The molecule has 0 atom stereocenters. The van der Waals surface area contributed by atoms with Crippen LogP contribution < -0.4 is 4.90 Å². The topological polar surface area (TPSA) is 89.9 Å². The Labute approximate surface area is 229 Å². The van der Waals surface area contributed by atoms with Crippen molar-refractivity contribution in [2.45, 2.75) is 0 Å². The average Bonchev–Trinajstić information content (AvgIpc) is 3.47. The van der Waals surface area contributed by atoms with Crippen LogP contribution in [0.15, 0.2) is 109 Å². The molecule has 186 valence electrons. The molecule has 1 aromatic heterocycles. The number of carbonyl (C=O) groups excluding carboxylic acids is 2. The predicted molar refractivity (Wildman–Crippen MR) is 153 cm³/mol. The van der Waals surface area contributed by atoms with Gasteiger partial charge in [0.25, 0.3) is 11.8 Å². The van der Waals surface area contributed by atoms with Crippen LogP contribution >= 0.6 is 0 Å². The van der Waals surface area contributed by atoms with Crippen LogP contribution in [-0.2, 0) is 0 Å². The number of nitriles is 2. The van der Waals surface area contributed by atoms with Gasteiger partial charge in [-0.15, -0.1) is 0 Å². The average molecular weight is 515 g/mol. The Kier molecular flexibility index (Phi) is 5.10. The molecule has 0 aliphatic carbocycles. The van der Waals surface area contributed by atoms with Crippen LogP contribution in [0.5, 0.6) is 0 Å². The Hall–Kier alpha value is -5.98. The van der Waals surface area contributed by atoms with E-state index >= 15 is 0 Å². The molecule has 1 aliphatic heterocycles. The minimum Gasteiger partial charge on any atom is -0.308 e. The van der Waals surface area contributed by atoms with Gasteiger partial charge in [0, 0.05) is 10.8 Å². The summed E-state index contributed by atoms with van der Waals surface area (Å²) < 4.78 is 1.87. The van der Waals surface area contributed by atoms with Crippen molar-refractivity contribution in [3.63, 3.8) is 0 Å². The molecule has 6 heteroatoms. The van der Waals surface area contributed by atoms with Gasteiger partial charge in [-0.1, -0.05) is 60.7 Å². The van der Waals surface area contributed by atoms with Crippen molar-refractivity contribution in [2.24, 2.45) is 0 Å². The van der Waals surface area contributed by atoms with Gasteiger partial charge in [-0.05, 0) is 59.7 Å². The van der Waals surface area contributed by atoms with Crippen LogP contribution in [0.25, 0.3) is 38.6 Å². The van der Waals surface area contributed by atoms with Gasteiger partial charge in [-0.2, -0.15) is 10.5 Å². The molecule has 0 radical (unpaired) electrons. The van der Waals surface area contributed by atoms with E-state index in [0.29, 0.717) is 39.1 Å². The summed E-state index contributed by atoms with van der Waals surface area (Å²) in [6.45, 7) is 0. The number of benzene rings is 5. The number of carbonyl (C=O) groups is 2. The molecule has 6 nitrogen and oxygen atoms in total. The molecule has 1 aliphatic rings. The summed E-state index contributed by atoms with van der Waals surface area (Å²) in [6, 6.07) is 37.6. The lowest BCUT2D eigenvalue weighted by atomic mass is 10.1. The largest absolute Gasteiger partial charge is 0.308 e. The van der Waals surface area contributed by atoms with Crippen LogP contribution in [0.4, 0.5) is 5.69 Å². The van der Waals surface area contributed by atoms with E-state index in [2.05, 4.69) is 12.1 Å². The lowest BCUT2D eigenvalue weighted by Crippen LogP contribution is -2.29. The van der Waals surface area contributed by atoms with Crippen molar-refractivity contribution in [1.29, 1.82) is 10.5 Å². The Balaban J connectivity index is 1.41. The summed E-state index contributed by atoms with van der Waals surface area (Å²) in [5.41, 5.74) is 5.96. The smallest absolute Gasteiger partial charge is 0.268 e. The molecule has 0 saturated heterocycles. The second-order valence-electron chi connectivity index (χ2n) is 9.58. The normalized spacial score (nSPS) is 12.5. The standard InChI is InChI=1S/C34H18N4O2/c35-19-21-9-15-26-27-16-10-22(20-36)18-31(27)38(30(26)17-21)29-8-4-7-28-32(29)34(40)37(33(28)39)25-13-11-24(12-14-25)23-5-2-1-3-6-23/h1-18H. The number of hydrogen-bond donors (Lipinski definition) is 0. The quantitative estimate of drug-likeness (QED) is 0.238. The number of nitrogens with zero attached hydrogens (tertiary/aromatic N) is 4. The molecule has 2 heterocycles. The first-order valence-electron chi connectivity index (χ1n) is 12.6. The summed E-state index contributed by atoms with van der Waals surface area (Å²) in [5, 5.41) is 20.9. The zero-order chi connectivity index (χ0) is 27.4. The van der Waals surface area contributed by atoms with E-state index in [4.69, 9.17) is 0 Å². The molecule has 0 saturated carbocycles. The third-order valence-corrected chi connectivity index (χ3v) is 7.39. The van der Waals surface area contributed by atoms with Crippen molar-refractivity contribution < 1.29 is 9.59 Å². The first kappa shape index (κ1) is 23.2. The number of rotatable bonds is 3. The van der Waals surface area contributed by atoms with Crippen molar-refractivity contribution >= 4 is 39.3 Å². The minimum absolute atomic E-state index is 0.281. The first-order valence-corrected chi connectivity index (χ1v) is 12.6. The van der Waals surface area contributed by atoms with E-state index in [-0.39, 0.29) is 5.56 Å². The van der Waals surface area contributed by atoms with Crippen LogP contribution in [-0.4, -0.2) is 16.4 Å². The number of anilines is 1. The lowest BCUT2D eigenvalue weighted by molar-refractivity contribution is 0.0926. The summed E-state index contributed by atoms with van der Waals surface area (Å²) in [5.74, 6) is -0.823. The highest BCUT2D eigenvalue weighted by molar-refractivity contribution is 6.35. The predicted octanol–water partition coefficient (Wildman–Crippen LogP) is 6.99. The Morgan fingerprint density at radius 2 is 1.18 bits per heavy atom. The van der Waals surface area contributed by atoms with E-state index in [0.717, 1.165) is 21.9 Å². The van der Waals surface area contributed by atoms with Crippen molar-refractivity contribution in [3.05, 3.63) is 131 Å². The second kappa shape index (κ2) is 8.80. The SMILES string of the molecule is N#Cc1ccc2c3ccc(C#N)cc3n(-c3cccc4c3C(=O)N(c3ccc(-c5ccccc5)cc3)C4=O)c2c1. The number of aromatic nitrogens is 1. The molecular weight excluding hydrogens is 496 g/mol. The molecule has 0 spiro atoms. The molecule has 0 bridgehead atoms. The molecule has 7 rings (SSSR count). The van der Waals surface area contributed by atoms with Crippen LogP contribution in [0.3, 0.4) is 0 Å². The number of hydrogen-bond acceptors (Lipinski definition) is 4.